The molecule has 0 bridgehead atoms. The molecule has 0 atom stereocenters. The van der Waals surface area contributed by atoms with Gasteiger partial charge in [0.2, 0.25) is 0 Å². The van der Waals surface area contributed by atoms with E-state index in [0.29, 0.717) is 28.4 Å². The summed E-state index contributed by atoms with van der Waals surface area (Å²) in [4.78, 5) is 24.1. The quantitative estimate of drug-likeness (QED) is 0.547. The molecule has 0 aliphatic heterocycles. The molecule has 0 spiro atoms. The Hall–Kier alpha value is -3.35. The van der Waals surface area contributed by atoms with Gasteiger partial charge in [0.15, 0.2) is 0 Å². The number of benzene rings is 2. The minimum Gasteiger partial charge on any atom is -0.496 e. The number of nitrogens with two attached hydrogens (primary N) is 1. The van der Waals surface area contributed by atoms with Crippen molar-refractivity contribution in [2.24, 2.45) is 5.73 Å². The van der Waals surface area contributed by atoms with Crippen molar-refractivity contribution in [2.45, 2.75) is 38.1 Å². The Morgan fingerprint density at radius 1 is 1.21 bits per heavy atom. The van der Waals surface area contributed by atoms with Crippen LogP contribution >= 0.6 is 0 Å². The monoisotopic (exact) mass is 389 g/mol. The number of imidazole rings is 2. The predicted octanol–water partition coefficient (Wildman–Crippen LogP) is 4.19. The maximum absolute atomic E-state index is 11.9. The standard InChI is InChI=1S/C22H23N5O2/c1-29-18-10-15(20-21(25-11-24-20)19(18)22(23)28)13-7-8-17-16(9-13)26-12-27(17)14-5-3-2-4-6-14/h7-12,14H,2-6H2,1H3,(H2,23,28)(H,24,25). The number of nitrogens with zero attached hydrogens (tertiary/aromatic N) is 3. The molecule has 1 fully saturated rings. The number of hydrogen-bond donors (Lipinski definition) is 2. The zero-order valence-corrected chi connectivity index (χ0v) is 16.3. The lowest BCUT2D eigenvalue weighted by atomic mass is 9.95. The van der Waals surface area contributed by atoms with Gasteiger partial charge in [-0.1, -0.05) is 25.3 Å². The molecule has 1 saturated carbocycles. The molecule has 2 aromatic carbocycles. The van der Waals surface area contributed by atoms with Crippen LogP contribution in [0.3, 0.4) is 0 Å². The van der Waals surface area contributed by atoms with Gasteiger partial charge in [-0.25, -0.2) is 9.97 Å². The number of ether oxygens (including phenoxy) is 1. The number of nitrogens with one attached hydrogen (secondary N) is 1. The van der Waals surface area contributed by atoms with Crippen LogP contribution in [0, 0.1) is 0 Å². The van der Waals surface area contributed by atoms with Crippen LogP contribution in [0.1, 0.15) is 48.5 Å². The highest BCUT2D eigenvalue weighted by atomic mass is 16.5. The Bertz CT molecular complexity index is 1220. The van der Waals surface area contributed by atoms with E-state index in [1.54, 1.807) is 6.33 Å². The highest BCUT2D eigenvalue weighted by Crippen LogP contribution is 2.37. The van der Waals surface area contributed by atoms with E-state index in [2.05, 4.69) is 37.7 Å². The maximum Gasteiger partial charge on any atom is 0.254 e. The molecule has 7 nitrogen and oxygen atoms in total. The molecule has 29 heavy (non-hydrogen) atoms. The lowest BCUT2D eigenvalue weighted by Gasteiger charge is -2.23. The number of aromatic nitrogens is 4. The number of rotatable bonds is 4. The summed E-state index contributed by atoms with van der Waals surface area (Å²) in [7, 11) is 1.53. The van der Waals surface area contributed by atoms with Crippen LogP contribution in [0.5, 0.6) is 5.75 Å². The van der Waals surface area contributed by atoms with Crippen LogP contribution in [0.15, 0.2) is 36.9 Å². The van der Waals surface area contributed by atoms with E-state index >= 15 is 0 Å². The number of carbonyl (C=O) groups excluding carboxylic acids is 1. The number of hydrogen-bond acceptors (Lipinski definition) is 4. The van der Waals surface area contributed by atoms with Crippen molar-refractivity contribution in [1.29, 1.82) is 0 Å². The van der Waals surface area contributed by atoms with Crippen LogP contribution in [0.25, 0.3) is 33.2 Å². The molecule has 7 heteroatoms. The zero-order valence-electron chi connectivity index (χ0n) is 16.3. The van der Waals surface area contributed by atoms with Gasteiger partial charge in [-0.15, -0.1) is 0 Å². The summed E-state index contributed by atoms with van der Waals surface area (Å²) in [5.74, 6) is -0.124. The summed E-state index contributed by atoms with van der Waals surface area (Å²) < 4.78 is 7.77. The third kappa shape index (κ3) is 2.85. The molecule has 2 heterocycles. The summed E-state index contributed by atoms with van der Waals surface area (Å²) in [6, 6.07) is 8.63. The Morgan fingerprint density at radius 2 is 2.03 bits per heavy atom. The molecular formula is C22H23N5O2. The van der Waals surface area contributed by atoms with Crippen molar-refractivity contribution in [1.82, 2.24) is 19.5 Å². The summed E-state index contributed by atoms with van der Waals surface area (Å²) in [6.07, 6.45) is 9.86. The number of primary amides is 1. The fraction of sp³-hybridized carbons (Fsp3) is 0.318. The van der Waals surface area contributed by atoms with E-state index in [9.17, 15) is 4.79 Å². The lowest BCUT2D eigenvalue weighted by molar-refractivity contribution is 0.0999. The summed E-state index contributed by atoms with van der Waals surface area (Å²) >= 11 is 0. The molecule has 1 aliphatic rings. The SMILES string of the molecule is COc1cc(-c2ccc3c(c2)ncn3C2CCCCC2)c2nc[nH]c2c1C(N)=O. The number of H-pyrrole nitrogens is 1. The predicted molar refractivity (Wildman–Crippen MR) is 112 cm³/mol. The second-order valence-electron chi connectivity index (χ2n) is 7.64. The van der Waals surface area contributed by atoms with Crippen LogP contribution in [0.4, 0.5) is 0 Å². The van der Waals surface area contributed by atoms with Gasteiger partial charge in [-0.2, -0.15) is 0 Å². The first-order chi connectivity index (χ1) is 14.2. The highest BCUT2D eigenvalue weighted by molar-refractivity contribution is 6.10. The van der Waals surface area contributed by atoms with Gasteiger partial charge in [0.25, 0.3) is 5.91 Å². The van der Waals surface area contributed by atoms with Crippen molar-refractivity contribution in [3.63, 3.8) is 0 Å². The summed E-state index contributed by atoms with van der Waals surface area (Å²) in [5, 5.41) is 0. The van der Waals surface area contributed by atoms with Crippen molar-refractivity contribution < 1.29 is 9.53 Å². The van der Waals surface area contributed by atoms with E-state index in [-0.39, 0.29) is 0 Å². The average Bonchev–Trinajstić information content (AvgIpc) is 3.39. The Labute approximate surface area is 167 Å². The van der Waals surface area contributed by atoms with Crippen molar-refractivity contribution in [3.8, 4) is 16.9 Å². The summed E-state index contributed by atoms with van der Waals surface area (Å²) in [5.41, 5.74) is 11.1. The van der Waals surface area contributed by atoms with Gasteiger partial charge in [0, 0.05) is 11.6 Å². The smallest absolute Gasteiger partial charge is 0.254 e. The van der Waals surface area contributed by atoms with Crippen LogP contribution in [-0.2, 0) is 0 Å². The number of amides is 1. The third-order valence-electron chi connectivity index (χ3n) is 5.99. The first-order valence-electron chi connectivity index (χ1n) is 9.98. The number of aromatic amines is 1. The van der Waals surface area contributed by atoms with E-state index in [1.807, 2.05) is 12.4 Å². The van der Waals surface area contributed by atoms with E-state index in [4.69, 9.17) is 10.5 Å². The Morgan fingerprint density at radius 3 is 2.79 bits per heavy atom. The van der Waals surface area contributed by atoms with Gasteiger partial charge >= 0.3 is 0 Å². The number of carbonyl (C=O) groups is 1. The van der Waals surface area contributed by atoms with Crippen LogP contribution in [-0.4, -0.2) is 32.5 Å². The van der Waals surface area contributed by atoms with Crippen LogP contribution < -0.4 is 10.5 Å². The van der Waals surface area contributed by atoms with Gasteiger partial charge in [0.05, 0.1) is 41.8 Å². The highest BCUT2D eigenvalue weighted by Gasteiger charge is 2.21. The van der Waals surface area contributed by atoms with Crippen molar-refractivity contribution in [3.05, 3.63) is 42.5 Å². The maximum atomic E-state index is 11.9. The number of methoxy groups -OCH3 is 1. The molecule has 4 aromatic rings. The lowest BCUT2D eigenvalue weighted by Crippen LogP contribution is -2.13. The molecular weight excluding hydrogens is 366 g/mol. The first-order valence-corrected chi connectivity index (χ1v) is 9.98. The fourth-order valence-electron chi connectivity index (χ4n) is 4.56. The molecule has 0 radical (unpaired) electrons. The Kier molecular flexibility index (Phi) is 4.23. The molecule has 1 amide bonds. The van der Waals surface area contributed by atoms with Crippen molar-refractivity contribution in [2.75, 3.05) is 7.11 Å². The van der Waals surface area contributed by atoms with E-state index in [0.717, 1.165) is 22.2 Å². The summed E-state index contributed by atoms with van der Waals surface area (Å²) in [6.45, 7) is 0. The average molecular weight is 389 g/mol. The minimum atomic E-state index is -0.552. The second-order valence-corrected chi connectivity index (χ2v) is 7.64. The van der Waals surface area contributed by atoms with E-state index in [1.165, 1.54) is 39.2 Å². The molecule has 5 rings (SSSR count). The van der Waals surface area contributed by atoms with Gasteiger partial charge in [-0.3, -0.25) is 4.79 Å². The van der Waals surface area contributed by atoms with Crippen molar-refractivity contribution >= 4 is 28.0 Å². The fourth-order valence-corrected chi connectivity index (χ4v) is 4.56. The van der Waals surface area contributed by atoms with E-state index < -0.39 is 5.91 Å². The molecule has 2 aromatic heterocycles. The second kappa shape index (κ2) is 6.92. The normalized spacial score (nSPS) is 15.2. The van der Waals surface area contributed by atoms with Gasteiger partial charge in [0.1, 0.15) is 11.3 Å². The molecule has 0 saturated heterocycles. The largest absolute Gasteiger partial charge is 0.496 e. The number of fused-ring (bicyclic) bond motifs is 2. The third-order valence-corrected chi connectivity index (χ3v) is 5.99. The molecule has 1 aliphatic carbocycles. The van der Waals surface area contributed by atoms with Gasteiger partial charge < -0.3 is 20.0 Å². The molecule has 0 unspecified atom stereocenters. The Balaban J connectivity index is 1.64. The zero-order chi connectivity index (χ0) is 20.0. The van der Waals surface area contributed by atoms with Gasteiger partial charge in [-0.05, 0) is 36.6 Å². The van der Waals surface area contributed by atoms with Crippen LogP contribution in [0.2, 0.25) is 0 Å². The molecule has 148 valence electrons. The minimum absolute atomic E-state index is 0.311. The first kappa shape index (κ1) is 17.7. The molecule has 3 N–H and O–H groups in total. The topological polar surface area (TPSA) is 98.8 Å².